The molecule has 0 radical (unpaired) electrons. The van der Waals surface area contributed by atoms with Crippen LogP contribution in [0.5, 0.6) is 0 Å². The van der Waals surface area contributed by atoms with Gasteiger partial charge in [0.25, 0.3) is 0 Å². The number of hydrogen-bond acceptors (Lipinski definition) is 2. The average molecular weight is 176 g/mol. The van der Waals surface area contributed by atoms with E-state index >= 15 is 0 Å². The molecule has 0 aromatic rings. The van der Waals surface area contributed by atoms with Crippen LogP contribution in [-0.4, -0.2) is 23.5 Å². The standard InChI is InChI=1S/C11H16N2/c1-9-5-6-13-10(7-9)3-2-4-11(13)8-12/h10-11H,1-7H2/t10-,11-/m0/s1. The molecular formula is C11H16N2. The van der Waals surface area contributed by atoms with Crippen molar-refractivity contribution in [3.8, 4) is 6.07 Å². The van der Waals surface area contributed by atoms with Crippen LogP contribution in [0, 0.1) is 11.3 Å². The number of nitrogens with zero attached hydrogens (tertiary/aromatic N) is 2. The Balaban J connectivity index is 2.08. The maximum atomic E-state index is 8.98. The molecule has 0 spiro atoms. The molecule has 0 unspecified atom stereocenters. The van der Waals surface area contributed by atoms with Crippen LogP contribution in [0.1, 0.15) is 32.1 Å². The Bertz CT molecular complexity index is 251. The van der Waals surface area contributed by atoms with E-state index in [-0.39, 0.29) is 6.04 Å². The zero-order valence-corrected chi connectivity index (χ0v) is 8.00. The molecule has 0 saturated carbocycles. The first kappa shape index (κ1) is 8.77. The summed E-state index contributed by atoms with van der Waals surface area (Å²) < 4.78 is 0. The quantitative estimate of drug-likeness (QED) is 0.528. The lowest BCUT2D eigenvalue weighted by Crippen LogP contribution is -2.48. The van der Waals surface area contributed by atoms with Gasteiger partial charge in [-0.15, -0.1) is 0 Å². The normalized spacial score (nSPS) is 35.2. The average Bonchev–Trinajstić information content (AvgIpc) is 2.16. The molecule has 0 N–H and O–H groups in total. The minimum Gasteiger partial charge on any atom is -0.284 e. The lowest BCUT2D eigenvalue weighted by molar-refractivity contribution is 0.0964. The molecule has 13 heavy (non-hydrogen) atoms. The monoisotopic (exact) mass is 176 g/mol. The molecule has 0 bridgehead atoms. The SMILES string of the molecule is C=C1CCN2[C@@H](CCC[C@H]2C#N)C1. The van der Waals surface area contributed by atoms with Crippen molar-refractivity contribution in [3.05, 3.63) is 12.2 Å². The molecule has 2 heteroatoms. The lowest BCUT2D eigenvalue weighted by Gasteiger charge is -2.42. The zero-order chi connectivity index (χ0) is 9.26. The van der Waals surface area contributed by atoms with Crippen molar-refractivity contribution in [3.63, 3.8) is 0 Å². The Labute approximate surface area is 79.8 Å². The van der Waals surface area contributed by atoms with E-state index in [1.165, 1.54) is 18.4 Å². The third kappa shape index (κ3) is 1.62. The smallest absolute Gasteiger partial charge is 0.0980 e. The molecule has 2 heterocycles. The summed E-state index contributed by atoms with van der Waals surface area (Å²) in [6.45, 7) is 5.10. The van der Waals surface area contributed by atoms with E-state index < -0.39 is 0 Å². The second-order valence-corrected chi connectivity index (χ2v) is 4.17. The molecule has 2 atom stereocenters. The van der Waals surface area contributed by atoms with Gasteiger partial charge >= 0.3 is 0 Å². The minimum absolute atomic E-state index is 0.187. The molecular weight excluding hydrogens is 160 g/mol. The summed E-state index contributed by atoms with van der Waals surface area (Å²) in [4.78, 5) is 2.39. The molecule has 2 nitrogen and oxygen atoms in total. The Hall–Kier alpha value is -0.810. The molecule has 2 rings (SSSR count). The third-order valence-electron chi connectivity index (χ3n) is 3.28. The number of rotatable bonds is 0. The van der Waals surface area contributed by atoms with Crippen molar-refractivity contribution in [2.45, 2.75) is 44.2 Å². The van der Waals surface area contributed by atoms with E-state index in [9.17, 15) is 0 Å². The van der Waals surface area contributed by atoms with Crippen molar-refractivity contribution in [1.29, 1.82) is 5.26 Å². The molecule has 70 valence electrons. The van der Waals surface area contributed by atoms with Gasteiger partial charge in [-0.1, -0.05) is 12.2 Å². The van der Waals surface area contributed by atoms with Crippen molar-refractivity contribution in [2.24, 2.45) is 0 Å². The highest BCUT2D eigenvalue weighted by molar-refractivity contribution is 5.08. The van der Waals surface area contributed by atoms with Crippen LogP contribution in [0.4, 0.5) is 0 Å². The molecule has 2 saturated heterocycles. The first-order chi connectivity index (χ1) is 6.31. The van der Waals surface area contributed by atoms with E-state index in [4.69, 9.17) is 5.26 Å². The highest BCUT2D eigenvalue weighted by atomic mass is 15.2. The Morgan fingerprint density at radius 3 is 3.08 bits per heavy atom. The van der Waals surface area contributed by atoms with Crippen LogP contribution >= 0.6 is 0 Å². The van der Waals surface area contributed by atoms with Gasteiger partial charge in [-0.05, 0) is 32.1 Å². The highest BCUT2D eigenvalue weighted by Crippen LogP contribution is 2.31. The van der Waals surface area contributed by atoms with Crippen LogP contribution in [0.3, 0.4) is 0 Å². The van der Waals surface area contributed by atoms with Crippen LogP contribution in [0.25, 0.3) is 0 Å². The van der Waals surface area contributed by atoms with E-state index in [1.54, 1.807) is 0 Å². The predicted molar refractivity (Wildman–Crippen MR) is 52.1 cm³/mol. The fourth-order valence-electron chi connectivity index (χ4n) is 2.55. The van der Waals surface area contributed by atoms with Crippen molar-refractivity contribution >= 4 is 0 Å². The van der Waals surface area contributed by atoms with Gasteiger partial charge in [0.15, 0.2) is 0 Å². The van der Waals surface area contributed by atoms with Gasteiger partial charge in [0, 0.05) is 12.6 Å². The molecule has 0 aliphatic carbocycles. The van der Waals surface area contributed by atoms with Gasteiger partial charge in [-0.3, -0.25) is 4.90 Å². The van der Waals surface area contributed by atoms with Crippen molar-refractivity contribution in [1.82, 2.24) is 4.90 Å². The second-order valence-electron chi connectivity index (χ2n) is 4.17. The summed E-state index contributed by atoms with van der Waals surface area (Å²) in [5.41, 5.74) is 1.37. The van der Waals surface area contributed by atoms with Crippen LogP contribution in [-0.2, 0) is 0 Å². The predicted octanol–water partition coefficient (Wildman–Crippen LogP) is 2.08. The van der Waals surface area contributed by atoms with E-state index in [2.05, 4.69) is 17.5 Å². The maximum absolute atomic E-state index is 8.98. The van der Waals surface area contributed by atoms with Crippen LogP contribution in [0.15, 0.2) is 12.2 Å². The molecule has 2 aliphatic heterocycles. The third-order valence-corrected chi connectivity index (χ3v) is 3.28. The number of nitriles is 1. The lowest BCUT2D eigenvalue weighted by atomic mass is 9.87. The number of fused-ring (bicyclic) bond motifs is 1. The first-order valence-corrected chi connectivity index (χ1v) is 5.13. The summed E-state index contributed by atoms with van der Waals surface area (Å²) in [5.74, 6) is 0. The summed E-state index contributed by atoms with van der Waals surface area (Å²) in [6.07, 6.45) is 5.76. The Morgan fingerprint density at radius 1 is 1.46 bits per heavy atom. The first-order valence-electron chi connectivity index (χ1n) is 5.13. The number of hydrogen-bond donors (Lipinski definition) is 0. The van der Waals surface area contributed by atoms with E-state index in [1.807, 2.05) is 0 Å². The Morgan fingerprint density at radius 2 is 2.31 bits per heavy atom. The fraction of sp³-hybridized carbons (Fsp3) is 0.727. The van der Waals surface area contributed by atoms with Gasteiger partial charge in [-0.2, -0.15) is 5.26 Å². The largest absolute Gasteiger partial charge is 0.284 e. The molecule has 0 aromatic carbocycles. The van der Waals surface area contributed by atoms with E-state index in [0.717, 1.165) is 25.8 Å². The van der Waals surface area contributed by atoms with Gasteiger partial charge < -0.3 is 0 Å². The van der Waals surface area contributed by atoms with Gasteiger partial charge in [0.1, 0.15) is 0 Å². The van der Waals surface area contributed by atoms with Crippen molar-refractivity contribution in [2.75, 3.05) is 6.54 Å². The summed E-state index contributed by atoms with van der Waals surface area (Å²) in [6, 6.07) is 3.23. The molecule has 2 aliphatic rings. The zero-order valence-electron chi connectivity index (χ0n) is 8.00. The van der Waals surface area contributed by atoms with E-state index in [0.29, 0.717) is 6.04 Å². The number of piperidine rings is 2. The minimum atomic E-state index is 0.187. The molecule has 0 aromatic heterocycles. The van der Waals surface area contributed by atoms with Crippen LogP contribution in [0.2, 0.25) is 0 Å². The topological polar surface area (TPSA) is 27.0 Å². The fourth-order valence-corrected chi connectivity index (χ4v) is 2.55. The Kier molecular flexibility index (Phi) is 2.37. The summed E-state index contributed by atoms with van der Waals surface area (Å²) in [5, 5.41) is 8.98. The van der Waals surface area contributed by atoms with Crippen LogP contribution < -0.4 is 0 Å². The summed E-state index contributed by atoms with van der Waals surface area (Å²) in [7, 11) is 0. The second kappa shape index (κ2) is 3.51. The molecule has 0 amide bonds. The maximum Gasteiger partial charge on any atom is 0.0980 e. The van der Waals surface area contributed by atoms with Gasteiger partial charge in [0.05, 0.1) is 12.1 Å². The van der Waals surface area contributed by atoms with Gasteiger partial charge in [-0.25, -0.2) is 0 Å². The highest BCUT2D eigenvalue weighted by Gasteiger charge is 2.32. The molecule has 2 fully saturated rings. The van der Waals surface area contributed by atoms with Crippen molar-refractivity contribution < 1.29 is 0 Å². The summed E-state index contributed by atoms with van der Waals surface area (Å²) >= 11 is 0. The van der Waals surface area contributed by atoms with Gasteiger partial charge in [0.2, 0.25) is 0 Å².